The van der Waals surface area contributed by atoms with Crippen molar-refractivity contribution in [1.82, 2.24) is 14.8 Å². The molecule has 0 bridgehead atoms. The molecule has 0 saturated carbocycles. The quantitative estimate of drug-likeness (QED) is 0.452. The Balaban J connectivity index is 1.82. The summed E-state index contributed by atoms with van der Waals surface area (Å²) in [5.74, 6) is 0.468. The Morgan fingerprint density at radius 2 is 1.70 bits per heavy atom. The molecular formula is C27H35N3O3. The number of hydrogen-bond donors (Lipinski definition) is 1. The first-order chi connectivity index (χ1) is 16.0. The molecule has 1 heterocycles. The van der Waals surface area contributed by atoms with Crippen molar-refractivity contribution < 1.29 is 14.3 Å². The van der Waals surface area contributed by atoms with Crippen LogP contribution >= 0.6 is 0 Å². The van der Waals surface area contributed by atoms with Gasteiger partial charge >= 0.3 is 0 Å². The van der Waals surface area contributed by atoms with Gasteiger partial charge in [-0.1, -0.05) is 44.2 Å². The SMILES string of the molecule is CCCN(CCC)C(=O)COc1ccc2c(c1)c(C(=O)NCc1ccccc1)c(C)n2CC. The van der Waals surface area contributed by atoms with Gasteiger partial charge in [-0.2, -0.15) is 0 Å². The number of amides is 2. The van der Waals surface area contributed by atoms with Crippen molar-refractivity contribution in [3.63, 3.8) is 0 Å². The van der Waals surface area contributed by atoms with Gasteiger partial charge in [-0.25, -0.2) is 0 Å². The Labute approximate surface area is 196 Å². The molecule has 0 aliphatic heterocycles. The molecule has 33 heavy (non-hydrogen) atoms. The van der Waals surface area contributed by atoms with Crippen LogP contribution in [0.15, 0.2) is 48.5 Å². The van der Waals surface area contributed by atoms with Gasteiger partial charge in [0.25, 0.3) is 11.8 Å². The molecule has 3 aromatic rings. The Morgan fingerprint density at radius 1 is 1.00 bits per heavy atom. The van der Waals surface area contributed by atoms with Gasteiger partial charge in [0.2, 0.25) is 0 Å². The molecule has 2 amide bonds. The molecule has 6 heteroatoms. The lowest BCUT2D eigenvalue weighted by atomic mass is 10.1. The maximum Gasteiger partial charge on any atom is 0.260 e. The number of rotatable bonds is 11. The van der Waals surface area contributed by atoms with Crippen molar-refractivity contribution in [2.75, 3.05) is 19.7 Å². The van der Waals surface area contributed by atoms with E-state index < -0.39 is 0 Å². The Bertz CT molecular complexity index is 1080. The smallest absolute Gasteiger partial charge is 0.260 e. The van der Waals surface area contributed by atoms with E-state index in [0.29, 0.717) is 17.9 Å². The van der Waals surface area contributed by atoms with Crippen molar-refractivity contribution >= 4 is 22.7 Å². The van der Waals surface area contributed by atoms with E-state index in [0.717, 1.165) is 54.6 Å². The average Bonchev–Trinajstić information content (AvgIpc) is 3.11. The molecule has 0 radical (unpaired) electrons. The van der Waals surface area contributed by atoms with Crippen LogP contribution < -0.4 is 10.1 Å². The number of carbonyl (C=O) groups excluding carboxylic acids is 2. The summed E-state index contributed by atoms with van der Waals surface area (Å²) in [6, 6.07) is 15.6. The predicted molar refractivity (Wildman–Crippen MR) is 133 cm³/mol. The summed E-state index contributed by atoms with van der Waals surface area (Å²) >= 11 is 0. The van der Waals surface area contributed by atoms with Crippen LogP contribution in [0.3, 0.4) is 0 Å². The molecule has 0 fully saturated rings. The maximum absolute atomic E-state index is 13.2. The topological polar surface area (TPSA) is 63.6 Å². The van der Waals surface area contributed by atoms with Crippen LogP contribution in [0.25, 0.3) is 10.9 Å². The van der Waals surface area contributed by atoms with Crippen LogP contribution in [-0.2, 0) is 17.9 Å². The summed E-state index contributed by atoms with van der Waals surface area (Å²) in [6.45, 7) is 10.9. The molecule has 0 saturated heterocycles. The highest BCUT2D eigenvalue weighted by molar-refractivity contribution is 6.08. The fraction of sp³-hybridized carbons (Fsp3) is 0.407. The minimum atomic E-state index is -0.112. The molecule has 1 N–H and O–H groups in total. The predicted octanol–water partition coefficient (Wildman–Crippen LogP) is 4.93. The zero-order valence-corrected chi connectivity index (χ0v) is 20.2. The third-order valence-electron chi connectivity index (χ3n) is 5.84. The van der Waals surface area contributed by atoms with Crippen LogP contribution in [0.5, 0.6) is 5.75 Å². The highest BCUT2D eigenvalue weighted by Gasteiger charge is 2.20. The van der Waals surface area contributed by atoms with Gasteiger partial charge in [0.1, 0.15) is 5.75 Å². The zero-order valence-electron chi connectivity index (χ0n) is 20.2. The standard InChI is InChI=1S/C27H35N3O3/c1-5-15-29(16-6-2)25(31)19-33-22-13-14-24-23(17-22)26(20(4)30(24)7-3)27(32)28-18-21-11-9-8-10-12-21/h8-14,17H,5-7,15-16,18-19H2,1-4H3,(H,28,32). The first-order valence-corrected chi connectivity index (χ1v) is 11.9. The Morgan fingerprint density at radius 3 is 2.33 bits per heavy atom. The van der Waals surface area contributed by atoms with E-state index >= 15 is 0 Å². The minimum Gasteiger partial charge on any atom is -0.484 e. The third-order valence-corrected chi connectivity index (χ3v) is 5.84. The molecular weight excluding hydrogens is 414 g/mol. The lowest BCUT2D eigenvalue weighted by Crippen LogP contribution is -2.36. The lowest BCUT2D eigenvalue weighted by molar-refractivity contribution is -0.133. The summed E-state index contributed by atoms with van der Waals surface area (Å²) < 4.78 is 8.00. The number of nitrogens with zero attached hydrogens (tertiary/aromatic N) is 2. The van der Waals surface area contributed by atoms with Crippen molar-refractivity contribution in [2.24, 2.45) is 0 Å². The van der Waals surface area contributed by atoms with Crippen molar-refractivity contribution in [3.8, 4) is 5.75 Å². The Kier molecular flexibility index (Phi) is 8.52. The summed E-state index contributed by atoms with van der Waals surface area (Å²) in [4.78, 5) is 27.6. The largest absolute Gasteiger partial charge is 0.484 e. The Hall–Kier alpha value is -3.28. The summed E-state index contributed by atoms with van der Waals surface area (Å²) in [7, 11) is 0. The van der Waals surface area contributed by atoms with E-state index in [1.54, 1.807) is 0 Å². The second-order valence-corrected chi connectivity index (χ2v) is 8.22. The van der Waals surface area contributed by atoms with Gasteiger partial charge in [-0.05, 0) is 50.5 Å². The number of benzene rings is 2. The molecule has 1 aromatic heterocycles. The molecule has 0 aliphatic carbocycles. The maximum atomic E-state index is 13.2. The average molecular weight is 450 g/mol. The number of nitrogens with one attached hydrogen (secondary N) is 1. The van der Waals surface area contributed by atoms with Crippen molar-refractivity contribution in [3.05, 3.63) is 65.4 Å². The number of ether oxygens (including phenoxy) is 1. The van der Waals surface area contributed by atoms with E-state index in [9.17, 15) is 9.59 Å². The van der Waals surface area contributed by atoms with Gasteiger partial charge in [-0.15, -0.1) is 0 Å². The molecule has 2 aromatic carbocycles. The van der Waals surface area contributed by atoms with Crippen molar-refractivity contribution in [1.29, 1.82) is 0 Å². The van der Waals surface area contributed by atoms with Gasteiger partial charge in [0, 0.05) is 42.8 Å². The third kappa shape index (κ3) is 5.75. The van der Waals surface area contributed by atoms with E-state index in [-0.39, 0.29) is 18.4 Å². The molecule has 176 valence electrons. The van der Waals surface area contributed by atoms with Gasteiger partial charge < -0.3 is 19.5 Å². The fourth-order valence-electron chi connectivity index (χ4n) is 4.25. The molecule has 0 atom stereocenters. The van der Waals surface area contributed by atoms with Crippen LogP contribution in [-0.4, -0.2) is 41.0 Å². The van der Waals surface area contributed by atoms with Crippen LogP contribution in [0.4, 0.5) is 0 Å². The first kappa shape index (κ1) is 24.4. The lowest BCUT2D eigenvalue weighted by Gasteiger charge is -2.21. The minimum absolute atomic E-state index is 0.00544. The molecule has 6 nitrogen and oxygen atoms in total. The summed E-state index contributed by atoms with van der Waals surface area (Å²) in [5.41, 5.74) is 3.60. The highest BCUT2D eigenvalue weighted by Crippen LogP contribution is 2.29. The van der Waals surface area contributed by atoms with Gasteiger partial charge in [-0.3, -0.25) is 9.59 Å². The molecule has 0 spiro atoms. The number of hydrogen-bond acceptors (Lipinski definition) is 3. The molecule has 0 aliphatic rings. The van der Waals surface area contributed by atoms with E-state index in [1.165, 1.54) is 0 Å². The second kappa shape index (κ2) is 11.5. The number of fused-ring (bicyclic) bond motifs is 1. The van der Waals surface area contributed by atoms with Crippen LogP contribution in [0.1, 0.15) is 55.2 Å². The van der Waals surface area contributed by atoms with Crippen molar-refractivity contribution in [2.45, 2.75) is 53.6 Å². The second-order valence-electron chi connectivity index (χ2n) is 8.22. The van der Waals surface area contributed by atoms with Gasteiger partial charge in [0.15, 0.2) is 6.61 Å². The molecule has 0 unspecified atom stereocenters. The first-order valence-electron chi connectivity index (χ1n) is 11.9. The van der Waals surface area contributed by atoms with E-state index in [1.807, 2.05) is 60.4 Å². The zero-order chi connectivity index (χ0) is 23.8. The van der Waals surface area contributed by atoms with E-state index in [4.69, 9.17) is 4.74 Å². The molecule has 3 rings (SSSR count). The normalized spacial score (nSPS) is 10.9. The number of aromatic nitrogens is 1. The summed E-state index contributed by atoms with van der Waals surface area (Å²) in [5, 5.41) is 3.88. The monoisotopic (exact) mass is 449 g/mol. The summed E-state index contributed by atoms with van der Waals surface area (Å²) in [6.07, 6.45) is 1.84. The number of aryl methyl sites for hydroxylation is 1. The fourth-order valence-corrected chi connectivity index (χ4v) is 4.25. The highest BCUT2D eigenvalue weighted by atomic mass is 16.5. The van der Waals surface area contributed by atoms with Crippen LogP contribution in [0, 0.1) is 6.92 Å². The number of carbonyl (C=O) groups is 2. The van der Waals surface area contributed by atoms with E-state index in [2.05, 4.69) is 30.7 Å². The van der Waals surface area contributed by atoms with Gasteiger partial charge in [0.05, 0.1) is 5.56 Å². The van der Waals surface area contributed by atoms with Crippen LogP contribution in [0.2, 0.25) is 0 Å².